The fourth-order valence-corrected chi connectivity index (χ4v) is 3.01. The van der Waals surface area contributed by atoms with Crippen LogP contribution in [0.25, 0.3) is 11.1 Å². The third-order valence-corrected chi connectivity index (χ3v) is 4.55. The van der Waals surface area contributed by atoms with Crippen LogP contribution in [0, 0.1) is 0 Å². The fourth-order valence-electron chi connectivity index (χ4n) is 3.01. The highest BCUT2D eigenvalue weighted by molar-refractivity contribution is 5.89. The van der Waals surface area contributed by atoms with Gasteiger partial charge in [-0.1, -0.05) is 36.4 Å². The monoisotopic (exact) mass is 296 g/mol. The number of pyridine rings is 1. The molecule has 1 fully saturated rings. The van der Waals surface area contributed by atoms with Crippen LogP contribution < -0.4 is 0 Å². The van der Waals surface area contributed by atoms with E-state index in [2.05, 4.69) is 4.98 Å². The number of aromatic nitrogens is 1. The molecule has 1 atom stereocenters. The standard InChI is InChI=1S/C18H20N2O2/c1-17(2)12-18(22,16(21)20(17)3)15-10-9-14(11-19-15)13-7-5-4-6-8-13/h4-11,22H,12H2,1-3H3. The summed E-state index contributed by atoms with van der Waals surface area (Å²) in [6.45, 7) is 3.89. The highest BCUT2D eigenvalue weighted by atomic mass is 16.3. The zero-order chi connectivity index (χ0) is 16.0. The second-order valence-corrected chi connectivity index (χ2v) is 6.51. The molecule has 1 amide bonds. The quantitative estimate of drug-likeness (QED) is 0.926. The lowest BCUT2D eigenvalue weighted by Crippen LogP contribution is -2.39. The Kier molecular flexibility index (Phi) is 3.29. The molecule has 1 saturated heterocycles. The SMILES string of the molecule is CN1C(=O)C(O)(c2ccc(-c3ccccc3)cn2)CC1(C)C. The minimum atomic E-state index is -1.53. The normalized spacial score (nSPS) is 23.8. The van der Waals surface area contributed by atoms with Crippen molar-refractivity contribution in [3.8, 4) is 11.1 Å². The molecule has 1 aromatic carbocycles. The number of amides is 1. The van der Waals surface area contributed by atoms with E-state index >= 15 is 0 Å². The van der Waals surface area contributed by atoms with Crippen molar-refractivity contribution < 1.29 is 9.90 Å². The van der Waals surface area contributed by atoms with Gasteiger partial charge in [-0.2, -0.15) is 0 Å². The van der Waals surface area contributed by atoms with E-state index in [1.165, 1.54) is 0 Å². The maximum atomic E-state index is 12.4. The molecule has 0 aliphatic carbocycles. The van der Waals surface area contributed by atoms with Gasteiger partial charge in [-0.25, -0.2) is 0 Å². The minimum Gasteiger partial charge on any atom is -0.374 e. The van der Waals surface area contributed by atoms with Gasteiger partial charge in [0.1, 0.15) is 0 Å². The third kappa shape index (κ3) is 2.20. The number of aliphatic hydroxyl groups is 1. The van der Waals surface area contributed by atoms with Gasteiger partial charge in [-0.05, 0) is 25.5 Å². The Balaban J connectivity index is 1.95. The third-order valence-electron chi connectivity index (χ3n) is 4.55. The topological polar surface area (TPSA) is 53.4 Å². The van der Waals surface area contributed by atoms with Crippen molar-refractivity contribution in [1.82, 2.24) is 9.88 Å². The first-order valence-electron chi connectivity index (χ1n) is 7.37. The minimum absolute atomic E-state index is 0.294. The molecule has 0 bridgehead atoms. The smallest absolute Gasteiger partial charge is 0.261 e. The second kappa shape index (κ2) is 4.92. The Bertz CT molecular complexity index is 695. The van der Waals surface area contributed by atoms with Crippen molar-refractivity contribution in [2.75, 3.05) is 7.05 Å². The summed E-state index contributed by atoms with van der Waals surface area (Å²) in [4.78, 5) is 18.4. The van der Waals surface area contributed by atoms with E-state index in [9.17, 15) is 9.90 Å². The van der Waals surface area contributed by atoms with E-state index in [0.29, 0.717) is 12.1 Å². The first-order chi connectivity index (χ1) is 10.3. The molecule has 22 heavy (non-hydrogen) atoms. The van der Waals surface area contributed by atoms with Crippen LogP contribution in [0.15, 0.2) is 48.7 Å². The summed E-state index contributed by atoms with van der Waals surface area (Å²) in [6.07, 6.45) is 2.05. The van der Waals surface area contributed by atoms with Gasteiger partial charge in [-0.15, -0.1) is 0 Å². The molecule has 0 saturated carbocycles. The van der Waals surface area contributed by atoms with Crippen molar-refractivity contribution in [3.63, 3.8) is 0 Å². The predicted molar refractivity (Wildman–Crippen MR) is 85.0 cm³/mol. The molecule has 1 N–H and O–H groups in total. The zero-order valence-corrected chi connectivity index (χ0v) is 13.1. The van der Waals surface area contributed by atoms with Gasteiger partial charge in [0.15, 0.2) is 5.60 Å². The molecule has 4 nitrogen and oxygen atoms in total. The maximum absolute atomic E-state index is 12.4. The van der Waals surface area contributed by atoms with Gasteiger partial charge in [0.05, 0.1) is 5.69 Å². The van der Waals surface area contributed by atoms with Crippen molar-refractivity contribution in [1.29, 1.82) is 0 Å². The Morgan fingerprint density at radius 3 is 2.27 bits per heavy atom. The lowest BCUT2D eigenvalue weighted by molar-refractivity contribution is -0.144. The van der Waals surface area contributed by atoms with E-state index in [1.54, 1.807) is 24.2 Å². The summed E-state index contributed by atoms with van der Waals surface area (Å²) in [5.41, 5.74) is 0.517. The van der Waals surface area contributed by atoms with Gasteiger partial charge >= 0.3 is 0 Å². The van der Waals surface area contributed by atoms with E-state index in [0.717, 1.165) is 11.1 Å². The highest BCUT2D eigenvalue weighted by Gasteiger charge is 2.54. The van der Waals surface area contributed by atoms with Crippen molar-refractivity contribution >= 4 is 5.91 Å². The molecule has 2 heterocycles. The van der Waals surface area contributed by atoms with Crippen LogP contribution in [0.3, 0.4) is 0 Å². The van der Waals surface area contributed by atoms with Crippen molar-refractivity contribution in [2.45, 2.75) is 31.4 Å². The molecule has 114 valence electrons. The number of likely N-dealkylation sites (N-methyl/N-ethyl adjacent to an activating group) is 1. The number of benzene rings is 1. The fraction of sp³-hybridized carbons (Fsp3) is 0.333. The molecule has 3 rings (SSSR count). The number of carbonyl (C=O) groups excluding carboxylic acids is 1. The Labute approximate surface area is 130 Å². The van der Waals surface area contributed by atoms with Gasteiger partial charge in [-0.3, -0.25) is 9.78 Å². The van der Waals surface area contributed by atoms with Crippen LogP contribution in [-0.4, -0.2) is 33.5 Å². The molecule has 0 radical (unpaired) electrons. The molecule has 0 spiro atoms. The van der Waals surface area contributed by atoms with Crippen LogP contribution in [0.4, 0.5) is 0 Å². The second-order valence-electron chi connectivity index (χ2n) is 6.51. The first-order valence-corrected chi connectivity index (χ1v) is 7.37. The van der Waals surface area contributed by atoms with Gasteiger partial charge < -0.3 is 10.0 Å². The lowest BCUT2D eigenvalue weighted by Gasteiger charge is -2.26. The van der Waals surface area contributed by atoms with Crippen LogP contribution in [-0.2, 0) is 10.4 Å². The van der Waals surface area contributed by atoms with Crippen LogP contribution in [0.2, 0.25) is 0 Å². The summed E-state index contributed by atoms with van der Waals surface area (Å²) in [6, 6.07) is 13.5. The molecular formula is C18H20N2O2. The number of hydrogen-bond acceptors (Lipinski definition) is 3. The lowest BCUT2D eigenvalue weighted by atomic mass is 9.89. The van der Waals surface area contributed by atoms with Gasteiger partial charge in [0.25, 0.3) is 5.91 Å². The van der Waals surface area contributed by atoms with E-state index in [1.807, 2.05) is 50.2 Å². The maximum Gasteiger partial charge on any atom is 0.261 e. The Hall–Kier alpha value is -2.20. The summed E-state index contributed by atoms with van der Waals surface area (Å²) in [5.74, 6) is -0.294. The molecule has 1 aliphatic rings. The van der Waals surface area contributed by atoms with Gasteiger partial charge in [0, 0.05) is 30.8 Å². The van der Waals surface area contributed by atoms with Crippen molar-refractivity contribution in [2.24, 2.45) is 0 Å². The van der Waals surface area contributed by atoms with Crippen LogP contribution in [0.5, 0.6) is 0 Å². The predicted octanol–water partition coefficient (Wildman–Crippen LogP) is 2.58. The Morgan fingerprint density at radius 1 is 1.09 bits per heavy atom. The van der Waals surface area contributed by atoms with Gasteiger partial charge in [0.2, 0.25) is 0 Å². The largest absolute Gasteiger partial charge is 0.374 e. The van der Waals surface area contributed by atoms with Crippen molar-refractivity contribution in [3.05, 3.63) is 54.4 Å². The van der Waals surface area contributed by atoms with E-state index in [4.69, 9.17) is 0 Å². The summed E-state index contributed by atoms with van der Waals surface area (Å²) >= 11 is 0. The molecular weight excluding hydrogens is 276 g/mol. The molecule has 2 aromatic rings. The number of hydrogen-bond donors (Lipinski definition) is 1. The van der Waals surface area contributed by atoms with Crippen LogP contribution >= 0.6 is 0 Å². The molecule has 4 heteroatoms. The summed E-state index contributed by atoms with van der Waals surface area (Å²) in [5, 5.41) is 10.8. The molecule has 1 aromatic heterocycles. The van der Waals surface area contributed by atoms with E-state index < -0.39 is 5.60 Å². The van der Waals surface area contributed by atoms with E-state index in [-0.39, 0.29) is 11.4 Å². The number of likely N-dealkylation sites (tertiary alicyclic amines) is 1. The molecule has 1 aliphatic heterocycles. The molecule has 1 unspecified atom stereocenters. The Morgan fingerprint density at radius 2 is 1.77 bits per heavy atom. The summed E-state index contributed by atoms with van der Waals surface area (Å²) < 4.78 is 0. The number of nitrogens with zero attached hydrogens (tertiary/aromatic N) is 2. The average Bonchev–Trinajstić information content (AvgIpc) is 2.69. The van der Waals surface area contributed by atoms with Crippen LogP contribution in [0.1, 0.15) is 26.0 Å². The summed E-state index contributed by atoms with van der Waals surface area (Å²) in [7, 11) is 1.72. The average molecular weight is 296 g/mol. The number of carbonyl (C=O) groups is 1. The first kappa shape index (κ1) is 14.7. The number of rotatable bonds is 2. The zero-order valence-electron chi connectivity index (χ0n) is 13.1. The highest BCUT2D eigenvalue weighted by Crippen LogP contribution is 2.41.